The van der Waals surface area contributed by atoms with Crippen molar-refractivity contribution < 1.29 is 9.59 Å². The number of anilines is 2. The fourth-order valence-corrected chi connectivity index (χ4v) is 3.87. The number of amides is 2. The molecule has 8 nitrogen and oxygen atoms in total. The lowest BCUT2D eigenvalue weighted by atomic mass is 10.4. The van der Waals surface area contributed by atoms with E-state index in [2.05, 4.69) is 20.4 Å². The molecule has 3 heterocycles. The van der Waals surface area contributed by atoms with Gasteiger partial charge in [0, 0.05) is 33.1 Å². The Balaban J connectivity index is 1.44. The van der Waals surface area contributed by atoms with Crippen molar-refractivity contribution in [3.8, 4) is 0 Å². The largest absolute Gasteiger partial charge is 0.353 e. The van der Waals surface area contributed by atoms with Crippen molar-refractivity contribution in [2.24, 2.45) is 0 Å². The Hall–Kier alpha value is -1.74. The Bertz CT molecular complexity index is 586. The van der Waals surface area contributed by atoms with Gasteiger partial charge in [0.15, 0.2) is 0 Å². The van der Waals surface area contributed by atoms with Gasteiger partial charge >= 0.3 is 0 Å². The van der Waals surface area contributed by atoms with E-state index in [-0.39, 0.29) is 18.4 Å². The first kappa shape index (κ1) is 17.1. The van der Waals surface area contributed by atoms with Crippen molar-refractivity contribution >= 4 is 33.4 Å². The number of nitrogens with zero attached hydrogens (tertiary/aromatic N) is 5. The van der Waals surface area contributed by atoms with E-state index in [1.54, 1.807) is 9.80 Å². The Kier molecular flexibility index (Phi) is 5.62. The van der Waals surface area contributed by atoms with Gasteiger partial charge in [-0.05, 0) is 32.4 Å². The lowest BCUT2D eigenvalue weighted by molar-refractivity contribution is -0.120. The predicted molar refractivity (Wildman–Crippen MR) is 93.4 cm³/mol. The van der Waals surface area contributed by atoms with Crippen LogP contribution in [0.4, 0.5) is 10.3 Å². The summed E-state index contributed by atoms with van der Waals surface area (Å²) in [4.78, 5) is 29.6. The third-order valence-electron chi connectivity index (χ3n) is 4.36. The quantitative estimate of drug-likeness (QED) is 0.761. The summed E-state index contributed by atoms with van der Waals surface area (Å²) in [5.74, 6) is 0.0747. The summed E-state index contributed by atoms with van der Waals surface area (Å²) in [5.41, 5.74) is 0. The zero-order chi connectivity index (χ0) is 16.9. The maximum atomic E-state index is 12.0. The minimum Gasteiger partial charge on any atom is -0.353 e. The number of likely N-dealkylation sites (N-methyl/N-ethyl adjacent to an activating group) is 1. The molecule has 1 N–H and O–H groups in total. The first-order chi connectivity index (χ1) is 11.6. The number of rotatable bonds is 7. The van der Waals surface area contributed by atoms with E-state index in [1.165, 1.54) is 24.2 Å². The van der Waals surface area contributed by atoms with Gasteiger partial charge in [0.2, 0.25) is 22.1 Å². The Morgan fingerprint density at radius 1 is 1.25 bits per heavy atom. The highest BCUT2D eigenvalue weighted by Crippen LogP contribution is 2.29. The number of likely N-dealkylation sites (tertiary alicyclic amines) is 1. The summed E-state index contributed by atoms with van der Waals surface area (Å²) in [6.45, 7) is 4.81. The molecule has 0 saturated carbocycles. The number of carbonyl (C=O) groups excluding carboxylic acids is 2. The number of aromatic nitrogens is 2. The van der Waals surface area contributed by atoms with E-state index in [1.807, 2.05) is 7.05 Å². The van der Waals surface area contributed by atoms with Crippen LogP contribution in [0.1, 0.15) is 25.7 Å². The van der Waals surface area contributed by atoms with Crippen molar-refractivity contribution in [2.45, 2.75) is 25.7 Å². The molecule has 24 heavy (non-hydrogen) atoms. The molecule has 0 radical (unpaired) electrons. The van der Waals surface area contributed by atoms with E-state index in [9.17, 15) is 9.59 Å². The molecule has 0 aromatic carbocycles. The summed E-state index contributed by atoms with van der Waals surface area (Å²) in [5, 5.41) is 12.4. The normalized spacial score (nSPS) is 18.4. The first-order valence-corrected chi connectivity index (χ1v) is 9.29. The second-order valence-electron chi connectivity index (χ2n) is 6.27. The lowest BCUT2D eigenvalue weighted by Gasteiger charge is -2.17. The SMILES string of the molecule is CN(CC(=O)NCCN1CCCC1)c1nnc(N2CCCC2=O)s1. The Morgan fingerprint density at radius 2 is 2.04 bits per heavy atom. The molecule has 0 atom stereocenters. The Labute approximate surface area is 145 Å². The second kappa shape index (κ2) is 7.89. The summed E-state index contributed by atoms with van der Waals surface area (Å²) >= 11 is 1.35. The van der Waals surface area contributed by atoms with Crippen LogP contribution in [0.25, 0.3) is 0 Å². The van der Waals surface area contributed by atoms with Crippen LogP contribution in [-0.2, 0) is 9.59 Å². The van der Waals surface area contributed by atoms with Gasteiger partial charge in [0.1, 0.15) is 0 Å². The van der Waals surface area contributed by atoms with Crippen LogP contribution < -0.4 is 15.1 Å². The van der Waals surface area contributed by atoms with Crippen molar-refractivity contribution in [2.75, 3.05) is 56.1 Å². The fraction of sp³-hybridized carbons (Fsp3) is 0.733. The molecule has 1 aromatic heterocycles. The summed E-state index contributed by atoms with van der Waals surface area (Å²) in [6, 6.07) is 0. The molecule has 2 aliphatic rings. The standard InChI is InChI=1S/C15H24N6O2S/c1-19(11-12(22)16-6-10-20-7-2-3-8-20)14-17-18-15(24-14)21-9-4-5-13(21)23/h2-11H2,1H3,(H,16,22). The third-order valence-corrected chi connectivity index (χ3v) is 5.42. The van der Waals surface area contributed by atoms with Crippen molar-refractivity contribution in [1.82, 2.24) is 20.4 Å². The van der Waals surface area contributed by atoms with Gasteiger partial charge in [-0.15, -0.1) is 10.2 Å². The molecule has 132 valence electrons. The van der Waals surface area contributed by atoms with Crippen molar-refractivity contribution in [3.05, 3.63) is 0 Å². The van der Waals surface area contributed by atoms with E-state index in [0.29, 0.717) is 29.8 Å². The van der Waals surface area contributed by atoms with Crippen LogP contribution in [0.2, 0.25) is 0 Å². The van der Waals surface area contributed by atoms with Crippen molar-refractivity contribution in [3.63, 3.8) is 0 Å². The predicted octanol–water partition coefficient (Wildman–Crippen LogP) is 0.313. The molecule has 0 bridgehead atoms. The van der Waals surface area contributed by atoms with Gasteiger partial charge in [-0.1, -0.05) is 11.3 Å². The van der Waals surface area contributed by atoms with Gasteiger partial charge in [-0.25, -0.2) is 0 Å². The molecule has 9 heteroatoms. The van der Waals surface area contributed by atoms with Gasteiger partial charge in [-0.2, -0.15) is 0 Å². The number of carbonyl (C=O) groups is 2. The maximum Gasteiger partial charge on any atom is 0.239 e. The van der Waals surface area contributed by atoms with Crippen LogP contribution in [-0.4, -0.2) is 73.2 Å². The van der Waals surface area contributed by atoms with Crippen LogP contribution in [0.5, 0.6) is 0 Å². The highest BCUT2D eigenvalue weighted by atomic mass is 32.1. The van der Waals surface area contributed by atoms with Gasteiger partial charge < -0.3 is 15.1 Å². The zero-order valence-electron chi connectivity index (χ0n) is 14.0. The number of hydrogen-bond acceptors (Lipinski definition) is 7. The molecular formula is C15H24N6O2S. The van der Waals surface area contributed by atoms with Crippen LogP contribution >= 0.6 is 11.3 Å². The highest BCUT2D eigenvalue weighted by Gasteiger charge is 2.25. The minimum absolute atomic E-state index is 0.0225. The topological polar surface area (TPSA) is 81.7 Å². The monoisotopic (exact) mass is 352 g/mol. The van der Waals surface area contributed by atoms with E-state index in [0.717, 1.165) is 26.1 Å². The third kappa shape index (κ3) is 4.21. The van der Waals surface area contributed by atoms with E-state index >= 15 is 0 Å². The van der Waals surface area contributed by atoms with Gasteiger partial charge in [0.05, 0.1) is 6.54 Å². The van der Waals surface area contributed by atoms with Crippen molar-refractivity contribution in [1.29, 1.82) is 0 Å². The molecule has 2 aliphatic heterocycles. The zero-order valence-corrected chi connectivity index (χ0v) is 14.8. The molecule has 1 aromatic rings. The molecule has 2 fully saturated rings. The fourth-order valence-electron chi connectivity index (χ4n) is 3.02. The average Bonchev–Trinajstić information content (AvgIpc) is 3.27. The number of hydrogen-bond donors (Lipinski definition) is 1. The van der Waals surface area contributed by atoms with E-state index < -0.39 is 0 Å². The lowest BCUT2D eigenvalue weighted by Crippen LogP contribution is -2.39. The second-order valence-corrected chi connectivity index (χ2v) is 7.21. The van der Waals surface area contributed by atoms with Gasteiger partial charge in [0.25, 0.3) is 0 Å². The molecule has 0 spiro atoms. The Morgan fingerprint density at radius 3 is 2.75 bits per heavy atom. The summed E-state index contributed by atoms with van der Waals surface area (Å²) < 4.78 is 0. The smallest absolute Gasteiger partial charge is 0.239 e. The molecule has 2 amide bonds. The molecular weight excluding hydrogens is 328 g/mol. The highest BCUT2D eigenvalue weighted by molar-refractivity contribution is 7.19. The summed E-state index contributed by atoms with van der Waals surface area (Å²) in [7, 11) is 1.82. The maximum absolute atomic E-state index is 12.0. The molecule has 3 rings (SSSR count). The molecule has 0 unspecified atom stereocenters. The van der Waals surface area contributed by atoms with E-state index in [4.69, 9.17) is 0 Å². The number of nitrogens with one attached hydrogen (secondary N) is 1. The first-order valence-electron chi connectivity index (χ1n) is 8.47. The minimum atomic E-state index is -0.0225. The van der Waals surface area contributed by atoms with Crippen LogP contribution in [0.15, 0.2) is 0 Å². The van der Waals surface area contributed by atoms with Gasteiger partial charge in [-0.3, -0.25) is 14.5 Å². The van der Waals surface area contributed by atoms with Crippen LogP contribution in [0, 0.1) is 0 Å². The summed E-state index contributed by atoms with van der Waals surface area (Å²) in [6.07, 6.45) is 3.96. The molecule has 2 saturated heterocycles. The van der Waals surface area contributed by atoms with Crippen LogP contribution in [0.3, 0.4) is 0 Å². The average molecular weight is 352 g/mol. The molecule has 0 aliphatic carbocycles.